The molecule has 22 heavy (non-hydrogen) atoms. The Bertz CT molecular complexity index is 800. The molecule has 1 aromatic heterocycles. The molecule has 1 aromatic carbocycles. The molecule has 2 aliphatic rings. The van der Waals surface area contributed by atoms with E-state index in [4.69, 9.17) is 0 Å². The molecule has 2 aliphatic heterocycles. The van der Waals surface area contributed by atoms with E-state index in [1.807, 2.05) is 37.5 Å². The topological polar surface area (TPSA) is 33.2 Å². The Balaban J connectivity index is 2.04. The van der Waals surface area contributed by atoms with E-state index >= 15 is 0 Å². The summed E-state index contributed by atoms with van der Waals surface area (Å²) in [6, 6.07) is 12.2. The number of hydrogen-bond acceptors (Lipinski definition) is 3. The minimum Gasteiger partial charge on any atom is -0.314 e. The third-order valence-corrected chi connectivity index (χ3v) is 5.97. The first kappa shape index (κ1) is 13.6. The first-order valence-corrected chi connectivity index (χ1v) is 8.27. The van der Waals surface area contributed by atoms with Crippen molar-refractivity contribution in [3.05, 3.63) is 59.9 Å². The van der Waals surface area contributed by atoms with Gasteiger partial charge in [0, 0.05) is 41.2 Å². The van der Waals surface area contributed by atoms with Gasteiger partial charge in [0.05, 0.1) is 11.1 Å². The van der Waals surface area contributed by atoms with Gasteiger partial charge in [0.1, 0.15) is 0 Å². The van der Waals surface area contributed by atoms with E-state index in [1.54, 1.807) is 22.9 Å². The summed E-state index contributed by atoms with van der Waals surface area (Å²) in [5.41, 5.74) is 3.95. The molecular formula is C18H16N2OS. The SMILES string of the molecule is CN1C(=O)C2(C)CSC(c3cccnc3)=C2c2ccccc21. The van der Waals surface area contributed by atoms with Gasteiger partial charge in [-0.05, 0) is 24.6 Å². The number of benzene rings is 1. The third kappa shape index (κ3) is 1.70. The number of nitrogens with zero attached hydrogens (tertiary/aromatic N) is 2. The normalized spacial score (nSPS) is 23.5. The number of thioether (sulfide) groups is 1. The molecule has 110 valence electrons. The maximum Gasteiger partial charge on any atom is 0.238 e. The van der Waals surface area contributed by atoms with Crippen LogP contribution in [0.3, 0.4) is 0 Å². The van der Waals surface area contributed by atoms with Crippen molar-refractivity contribution in [2.75, 3.05) is 17.7 Å². The zero-order chi connectivity index (χ0) is 15.3. The van der Waals surface area contributed by atoms with Crippen molar-refractivity contribution in [2.24, 2.45) is 5.41 Å². The lowest BCUT2D eigenvalue weighted by atomic mass is 9.75. The second-order valence-corrected chi connectivity index (χ2v) is 6.93. The Hall–Kier alpha value is -2.07. The highest BCUT2D eigenvalue weighted by atomic mass is 32.2. The van der Waals surface area contributed by atoms with Crippen molar-refractivity contribution in [3.63, 3.8) is 0 Å². The van der Waals surface area contributed by atoms with Crippen LogP contribution < -0.4 is 4.90 Å². The molecule has 0 N–H and O–H groups in total. The summed E-state index contributed by atoms with van der Waals surface area (Å²) in [7, 11) is 1.87. The monoisotopic (exact) mass is 308 g/mol. The number of hydrogen-bond donors (Lipinski definition) is 0. The molecule has 0 spiro atoms. The van der Waals surface area contributed by atoms with Crippen LogP contribution >= 0.6 is 11.8 Å². The zero-order valence-electron chi connectivity index (χ0n) is 12.5. The molecule has 1 amide bonds. The molecule has 3 heterocycles. The van der Waals surface area contributed by atoms with Crippen molar-refractivity contribution < 1.29 is 4.79 Å². The van der Waals surface area contributed by atoms with Crippen LogP contribution in [0, 0.1) is 5.41 Å². The fraction of sp³-hybridized carbons (Fsp3) is 0.222. The first-order chi connectivity index (χ1) is 10.6. The smallest absolute Gasteiger partial charge is 0.238 e. The van der Waals surface area contributed by atoms with Crippen LogP contribution in [-0.4, -0.2) is 23.7 Å². The van der Waals surface area contributed by atoms with Gasteiger partial charge in [-0.3, -0.25) is 9.78 Å². The molecule has 2 aromatic rings. The summed E-state index contributed by atoms with van der Waals surface area (Å²) in [6.45, 7) is 2.06. The van der Waals surface area contributed by atoms with E-state index in [2.05, 4.69) is 24.0 Å². The number of anilines is 1. The molecule has 1 unspecified atom stereocenters. The maximum atomic E-state index is 12.9. The van der Waals surface area contributed by atoms with E-state index in [0.29, 0.717) is 0 Å². The lowest BCUT2D eigenvalue weighted by Crippen LogP contribution is -2.45. The summed E-state index contributed by atoms with van der Waals surface area (Å²) < 4.78 is 0. The van der Waals surface area contributed by atoms with Crippen molar-refractivity contribution in [1.82, 2.24) is 4.98 Å². The van der Waals surface area contributed by atoms with E-state index in [1.165, 1.54) is 4.91 Å². The minimum atomic E-state index is -0.459. The average molecular weight is 308 g/mol. The fourth-order valence-corrected chi connectivity index (χ4v) is 4.85. The van der Waals surface area contributed by atoms with E-state index in [9.17, 15) is 4.79 Å². The lowest BCUT2D eigenvalue weighted by Gasteiger charge is -2.38. The Morgan fingerprint density at radius 2 is 2.05 bits per heavy atom. The van der Waals surface area contributed by atoms with E-state index < -0.39 is 5.41 Å². The number of pyridine rings is 1. The van der Waals surface area contributed by atoms with E-state index in [0.717, 1.165) is 28.1 Å². The number of carbonyl (C=O) groups is 1. The van der Waals surface area contributed by atoms with Crippen molar-refractivity contribution in [1.29, 1.82) is 0 Å². The van der Waals surface area contributed by atoms with Crippen LogP contribution in [0.5, 0.6) is 0 Å². The molecule has 0 saturated carbocycles. The first-order valence-electron chi connectivity index (χ1n) is 7.28. The summed E-state index contributed by atoms with van der Waals surface area (Å²) >= 11 is 1.76. The van der Waals surface area contributed by atoms with Gasteiger partial charge in [0.25, 0.3) is 0 Å². The van der Waals surface area contributed by atoms with Crippen LogP contribution in [0.2, 0.25) is 0 Å². The number of rotatable bonds is 1. The Morgan fingerprint density at radius 1 is 1.23 bits per heavy atom. The van der Waals surface area contributed by atoms with Gasteiger partial charge in [0.2, 0.25) is 5.91 Å². The largest absolute Gasteiger partial charge is 0.314 e. The molecule has 3 nitrogen and oxygen atoms in total. The summed E-state index contributed by atoms with van der Waals surface area (Å²) in [4.78, 5) is 20.1. The van der Waals surface area contributed by atoms with Gasteiger partial charge in [-0.25, -0.2) is 0 Å². The lowest BCUT2D eigenvalue weighted by molar-refractivity contribution is -0.123. The molecule has 4 rings (SSSR count). The standard InChI is InChI=1S/C18H16N2OS/c1-18-11-22-16(12-6-5-9-19-10-12)15(18)13-7-3-4-8-14(13)20(2)17(18)21/h3-10H,11H2,1-2H3. The average Bonchev–Trinajstić information content (AvgIpc) is 2.93. The van der Waals surface area contributed by atoms with Crippen LogP contribution in [0.25, 0.3) is 10.5 Å². The summed E-state index contributed by atoms with van der Waals surface area (Å²) in [5, 5.41) is 0. The second-order valence-electron chi connectivity index (χ2n) is 5.95. The molecule has 4 heteroatoms. The van der Waals surface area contributed by atoms with Gasteiger partial charge < -0.3 is 4.90 Å². The third-order valence-electron chi connectivity index (χ3n) is 4.52. The van der Waals surface area contributed by atoms with Crippen LogP contribution in [0.4, 0.5) is 5.69 Å². The van der Waals surface area contributed by atoms with Crippen molar-refractivity contribution in [3.8, 4) is 0 Å². The number of fused-ring (bicyclic) bond motifs is 3. The predicted octanol–water partition coefficient (Wildman–Crippen LogP) is 3.68. The van der Waals surface area contributed by atoms with Gasteiger partial charge in [-0.2, -0.15) is 0 Å². The number of para-hydroxylation sites is 1. The molecule has 0 bridgehead atoms. The van der Waals surface area contributed by atoms with Gasteiger partial charge in [-0.1, -0.05) is 24.3 Å². The molecule has 0 aliphatic carbocycles. The van der Waals surface area contributed by atoms with Crippen LogP contribution in [0.15, 0.2) is 48.8 Å². The fourth-order valence-electron chi connectivity index (χ4n) is 3.38. The molecule has 0 fully saturated rings. The summed E-state index contributed by atoms with van der Waals surface area (Å²) in [5.74, 6) is 0.956. The quantitative estimate of drug-likeness (QED) is 0.806. The van der Waals surface area contributed by atoms with E-state index in [-0.39, 0.29) is 5.91 Å². The molecule has 0 saturated heterocycles. The molecular weight excluding hydrogens is 292 g/mol. The number of carbonyl (C=O) groups excluding carboxylic acids is 1. The van der Waals surface area contributed by atoms with Gasteiger partial charge in [-0.15, -0.1) is 11.8 Å². The minimum absolute atomic E-state index is 0.174. The van der Waals surface area contributed by atoms with Crippen molar-refractivity contribution in [2.45, 2.75) is 6.92 Å². The Labute approximate surface area is 134 Å². The van der Waals surface area contributed by atoms with Gasteiger partial charge in [0.15, 0.2) is 0 Å². The number of amides is 1. The second kappa shape index (κ2) is 4.71. The highest BCUT2D eigenvalue weighted by Crippen LogP contribution is 2.58. The summed E-state index contributed by atoms with van der Waals surface area (Å²) in [6.07, 6.45) is 3.66. The highest BCUT2D eigenvalue weighted by molar-refractivity contribution is 8.09. The molecule has 0 radical (unpaired) electrons. The Morgan fingerprint density at radius 3 is 2.82 bits per heavy atom. The van der Waals surface area contributed by atoms with Gasteiger partial charge >= 0.3 is 0 Å². The Kier molecular flexibility index (Phi) is 2.91. The molecule has 1 atom stereocenters. The zero-order valence-corrected chi connectivity index (χ0v) is 13.4. The number of aromatic nitrogens is 1. The van der Waals surface area contributed by atoms with Crippen molar-refractivity contribution >= 4 is 33.8 Å². The maximum absolute atomic E-state index is 12.9. The van der Waals surface area contributed by atoms with Crippen LogP contribution in [0.1, 0.15) is 18.1 Å². The predicted molar refractivity (Wildman–Crippen MR) is 91.5 cm³/mol. The van der Waals surface area contributed by atoms with Crippen LogP contribution in [-0.2, 0) is 4.79 Å². The highest BCUT2D eigenvalue weighted by Gasteiger charge is 2.50.